The average Bonchev–Trinajstić information content (AvgIpc) is 2.66. The predicted molar refractivity (Wildman–Crippen MR) is 107 cm³/mol. The summed E-state index contributed by atoms with van der Waals surface area (Å²) < 4.78 is 0. The molecule has 0 aliphatic rings. The number of carbonyl (C=O) groups is 1. The van der Waals surface area contributed by atoms with Crippen LogP contribution in [0.4, 0.5) is 28.8 Å². The Morgan fingerprint density at radius 3 is 2.67 bits per heavy atom. The molecule has 0 bridgehead atoms. The number of rotatable bonds is 6. The van der Waals surface area contributed by atoms with Crippen LogP contribution in [-0.4, -0.2) is 21.0 Å². The quantitative estimate of drug-likeness (QED) is 0.390. The average molecular weight is 361 g/mol. The van der Waals surface area contributed by atoms with Gasteiger partial charge in [0, 0.05) is 23.1 Å². The van der Waals surface area contributed by atoms with Gasteiger partial charge in [-0.05, 0) is 43.3 Å². The molecule has 1 amide bonds. The van der Waals surface area contributed by atoms with Crippen molar-refractivity contribution in [3.05, 3.63) is 72.9 Å². The SMILES string of the molecule is C=CC(=O)Nc1cccc(Nc2nc(Nc3ccccc3O)ncc2C)c1. The number of nitrogens with zero attached hydrogens (tertiary/aromatic N) is 2. The number of aromatic nitrogens is 2. The van der Waals surface area contributed by atoms with Crippen LogP contribution in [0.1, 0.15) is 5.56 Å². The van der Waals surface area contributed by atoms with Gasteiger partial charge in [0.1, 0.15) is 11.6 Å². The van der Waals surface area contributed by atoms with Crippen LogP contribution >= 0.6 is 0 Å². The summed E-state index contributed by atoms with van der Waals surface area (Å²) in [5.41, 5.74) is 2.76. The normalized spacial score (nSPS) is 10.1. The van der Waals surface area contributed by atoms with Crippen LogP contribution in [0.2, 0.25) is 0 Å². The van der Waals surface area contributed by atoms with Crippen molar-refractivity contribution in [2.75, 3.05) is 16.0 Å². The minimum Gasteiger partial charge on any atom is -0.506 e. The summed E-state index contributed by atoms with van der Waals surface area (Å²) in [5.74, 6) is 0.789. The number of anilines is 5. The highest BCUT2D eigenvalue weighted by Crippen LogP contribution is 2.26. The van der Waals surface area contributed by atoms with Gasteiger partial charge >= 0.3 is 0 Å². The number of aryl methyl sites for hydroxylation is 1. The molecule has 7 nitrogen and oxygen atoms in total. The number of nitrogens with one attached hydrogen (secondary N) is 3. The van der Waals surface area contributed by atoms with Crippen LogP contribution in [0.15, 0.2) is 67.4 Å². The lowest BCUT2D eigenvalue weighted by Gasteiger charge is -2.12. The van der Waals surface area contributed by atoms with Crippen molar-refractivity contribution in [2.45, 2.75) is 6.92 Å². The van der Waals surface area contributed by atoms with Crippen LogP contribution in [0, 0.1) is 6.92 Å². The molecule has 1 heterocycles. The molecule has 27 heavy (non-hydrogen) atoms. The zero-order chi connectivity index (χ0) is 19.2. The lowest BCUT2D eigenvalue weighted by molar-refractivity contribution is -0.111. The molecule has 0 spiro atoms. The fourth-order valence-electron chi connectivity index (χ4n) is 2.33. The second-order valence-corrected chi connectivity index (χ2v) is 5.77. The molecule has 0 saturated carbocycles. The number of phenols is 1. The molecule has 0 aliphatic carbocycles. The van der Waals surface area contributed by atoms with E-state index in [9.17, 15) is 9.90 Å². The standard InChI is InChI=1S/C20H19N5O2/c1-3-18(27)22-14-7-6-8-15(11-14)23-19-13(2)12-21-20(25-19)24-16-9-4-5-10-17(16)26/h3-12,26H,1H2,2H3,(H,22,27)(H2,21,23,24,25). The molecule has 3 rings (SSSR count). The molecule has 2 aromatic carbocycles. The molecular formula is C20H19N5O2. The molecule has 0 aliphatic heterocycles. The molecule has 0 saturated heterocycles. The second kappa shape index (κ2) is 8.01. The molecule has 0 atom stereocenters. The highest BCUT2D eigenvalue weighted by Gasteiger charge is 2.07. The number of hydrogen-bond acceptors (Lipinski definition) is 6. The van der Waals surface area contributed by atoms with Crippen LogP contribution in [0.25, 0.3) is 0 Å². The summed E-state index contributed by atoms with van der Waals surface area (Å²) in [6.07, 6.45) is 2.90. The number of aromatic hydroxyl groups is 1. The molecule has 136 valence electrons. The zero-order valence-corrected chi connectivity index (χ0v) is 14.7. The van der Waals surface area contributed by atoms with Gasteiger partial charge in [-0.2, -0.15) is 4.98 Å². The van der Waals surface area contributed by atoms with Crippen molar-refractivity contribution in [1.82, 2.24) is 9.97 Å². The summed E-state index contributed by atoms with van der Waals surface area (Å²) in [4.78, 5) is 20.2. The maximum atomic E-state index is 11.5. The first kappa shape index (κ1) is 17.9. The first-order chi connectivity index (χ1) is 13.0. The number of benzene rings is 2. The summed E-state index contributed by atoms with van der Waals surface area (Å²) in [6.45, 7) is 5.32. The van der Waals surface area contributed by atoms with Crippen molar-refractivity contribution in [3.63, 3.8) is 0 Å². The lowest BCUT2D eigenvalue weighted by Crippen LogP contribution is -2.07. The van der Waals surface area contributed by atoms with Gasteiger partial charge in [-0.3, -0.25) is 4.79 Å². The molecule has 3 aromatic rings. The van der Waals surface area contributed by atoms with E-state index in [-0.39, 0.29) is 11.7 Å². The Morgan fingerprint density at radius 1 is 1.11 bits per heavy atom. The molecule has 1 aromatic heterocycles. The zero-order valence-electron chi connectivity index (χ0n) is 14.7. The highest BCUT2D eigenvalue weighted by molar-refractivity contribution is 5.99. The van der Waals surface area contributed by atoms with E-state index >= 15 is 0 Å². The molecule has 0 fully saturated rings. The van der Waals surface area contributed by atoms with Gasteiger partial charge in [-0.25, -0.2) is 4.98 Å². The van der Waals surface area contributed by atoms with Crippen molar-refractivity contribution < 1.29 is 9.90 Å². The van der Waals surface area contributed by atoms with Crippen LogP contribution < -0.4 is 16.0 Å². The Labute approximate surface area is 156 Å². The van der Waals surface area contributed by atoms with E-state index in [0.29, 0.717) is 23.1 Å². The van der Waals surface area contributed by atoms with Gasteiger partial charge < -0.3 is 21.1 Å². The third-order valence-electron chi connectivity index (χ3n) is 3.70. The predicted octanol–water partition coefficient (Wildman–Crippen LogP) is 4.10. The van der Waals surface area contributed by atoms with Crippen LogP contribution in [0.5, 0.6) is 5.75 Å². The minimum atomic E-state index is -0.278. The highest BCUT2D eigenvalue weighted by atomic mass is 16.3. The Morgan fingerprint density at radius 2 is 1.89 bits per heavy atom. The third kappa shape index (κ3) is 4.60. The van der Waals surface area contributed by atoms with Crippen molar-refractivity contribution in [1.29, 1.82) is 0 Å². The fourth-order valence-corrected chi connectivity index (χ4v) is 2.33. The van der Waals surface area contributed by atoms with Crippen molar-refractivity contribution in [3.8, 4) is 5.75 Å². The third-order valence-corrected chi connectivity index (χ3v) is 3.70. The Bertz CT molecular complexity index is 988. The van der Waals surface area contributed by atoms with E-state index in [1.54, 1.807) is 42.6 Å². The van der Waals surface area contributed by atoms with Crippen molar-refractivity contribution in [2.24, 2.45) is 0 Å². The van der Waals surface area contributed by atoms with Gasteiger partial charge in [0.05, 0.1) is 5.69 Å². The maximum absolute atomic E-state index is 11.5. The molecule has 4 N–H and O–H groups in total. The number of amides is 1. The van der Waals surface area contributed by atoms with Crippen LogP contribution in [-0.2, 0) is 4.79 Å². The minimum absolute atomic E-state index is 0.113. The van der Waals surface area contributed by atoms with E-state index in [2.05, 4.69) is 32.5 Å². The van der Waals surface area contributed by atoms with E-state index < -0.39 is 0 Å². The van der Waals surface area contributed by atoms with Gasteiger partial charge in [0.2, 0.25) is 11.9 Å². The number of para-hydroxylation sites is 2. The Balaban J connectivity index is 1.81. The number of phenolic OH excluding ortho intramolecular Hbond substituents is 1. The first-order valence-corrected chi connectivity index (χ1v) is 8.24. The Kier molecular flexibility index (Phi) is 5.32. The van der Waals surface area contributed by atoms with E-state index in [1.807, 2.05) is 19.1 Å². The first-order valence-electron chi connectivity index (χ1n) is 8.24. The monoisotopic (exact) mass is 361 g/mol. The van der Waals surface area contributed by atoms with Gasteiger partial charge in [0.25, 0.3) is 0 Å². The molecular weight excluding hydrogens is 342 g/mol. The summed E-state index contributed by atoms with van der Waals surface area (Å²) >= 11 is 0. The smallest absolute Gasteiger partial charge is 0.247 e. The van der Waals surface area contributed by atoms with E-state index in [4.69, 9.17) is 0 Å². The Hall–Kier alpha value is -3.87. The lowest BCUT2D eigenvalue weighted by atomic mass is 10.2. The summed E-state index contributed by atoms with van der Waals surface area (Å²) in [5, 5.41) is 18.8. The van der Waals surface area contributed by atoms with Crippen LogP contribution in [0.3, 0.4) is 0 Å². The number of hydrogen-bond donors (Lipinski definition) is 4. The molecule has 7 heteroatoms. The maximum Gasteiger partial charge on any atom is 0.247 e. The van der Waals surface area contributed by atoms with E-state index in [1.165, 1.54) is 6.08 Å². The second-order valence-electron chi connectivity index (χ2n) is 5.77. The molecule has 0 radical (unpaired) electrons. The fraction of sp³-hybridized carbons (Fsp3) is 0.0500. The van der Waals surface area contributed by atoms with Gasteiger partial charge in [-0.15, -0.1) is 0 Å². The summed E-state index contributed by atoms with van der Waals surface area (Å²) in [7, 11) is 0. The van der Waals surface area contributed by atoms with Crippen molar-refractivity contribution >= 4 is 34.7 Å². The van der Waals surface area contributed by atoms with E-state index in [0.717, 1.165) is 11.3 Å². The largest absolute Gasteiger partial charge is 0.506 e. The topological polar surface area (TPSA) is 99.2 Å². The van der Waals surface area contributed by atoms with Gasteiger partial charge in [0.15, 0.2) is 0 Å². The van der Waals surface area contributed by atoms with Gasteiger partial charge in [-0.1, -0.05) is 24.8 Å². The molecule has 0 unspecified atom stereocenters. The number of carbonyl (C=O) groups excluding carboxylic acids is 1. The summed E-state index contributed by atoms with van der Waals surface area (Å²) in [6, 6.07) is 14.1.